The van der Waals surface area contributed by atoms with Crippen LogP contribution in [0.4, 0.5) is 4.39 Å². The van der Waals surface area contributed by atoms with E-state index < -0.39 is 0 Å². The van der Waals surface area contributed by atoms with Gasteiger partial charge in [0.2, 0.25) is 0 Å². The monoisotopic (exact) mass is 301 g/mol. The normalized spacial score (nSPS) is 21.7. The van der Waals surface area contributed by atoms with Crippen molar-refractivity contribution >= 4 is 15.9 Å². The largest absolute Gasteiger partial charge is 0.381 e. The van der Waals surface area contributed by atoms with Gasteiger partial charge in [-0.05, 0) is 43.7 Å². The summed E-state index contributed by atoms with van der Waals surface area (Å²) in [4.78, 5) is 0. The van der Waals surface area contributed by atoms with Crippen molar-refractivity contribution in [3.63, 3.8) is 0 Å². The van der Waals surface area contributed by atoms with Crippen LogP contribution in [0.25, 0.3) is 0 Å². The summed E-state index contributed by atoms with van der Waals surface area (Å²) in [7, 11) is 1.93. The van der Waals surface area contributed by atoms with E-state index in [2.05, 4.69) is 21.2 Å². The van der Waals surface area contributed by atoms with E-state index in [0.717, 1.165) is 29.7 Å². The Morgan fingerprint density at radius 3 is 3.06 bits per heavy atom. The molecule has 0 aromatic heterocycles. The summed E-state index contributed by atoms with van der Waals surface area (Å²) in [5.41, 5.74) is 0.755. The van der Waals surface area contributed by atoms with Crippen molar-refractivity contribution in [2.75, 3.05) is 20.3 Å². The molecule has 1 aromatic carbocycles. The van der Waals surface area contributed by atoms with Gasteiger partial charge in [-0.15, -0.1) is 0 Å². The van der Waals surface area contributed by atoms with Crippen LogP contribution in [0, 0.1) is 11.7 Å². The lowest BCUT2D eigenvalue weighted by Gasteiger charge is -2.22. The van der Waals surface area contributed by atoms with Gasteiger partial charge in [-0.3, -0.25) is 0 Å². The quantitative estimate of drug-likeness (QED) is 0.923. The summed E-state index contributed by atoms with van der Waals surface area (Å²) in [6, 6.07) is 5.37. The van der Waals surface area contributed by atoms with Crippen LogP contribution in [0.2, 0.25) is 0 Å². The second-order valence-corrected chi connectivity index (χ2v) is 5.37. The molecule has 0 radical (unpaired) electrons. The average Bonchev–Trinajstić information content (AvgIpc) is 2.84. The van der Waals surface area contributed by atoms with Crippen molar-refractivity contribution in [1.82, 2.24) is 5.32 Å². The fraction of sp³-hybridized carbons (Fsp3) is 0.538. The fourth-order valence-corrected chi connectivity index (χ4v) is 2.72. The third-order valence-corrected chi connectivity index (χ3v) is 3.85. The van der Waals surface area contributed by atoms with E-state index in [1.807, 2.05) is 13.1 Å². The summed E-state index contributed by atoms with van der Waals surface area (Å²) < 4.78 is 20.0. The minimum atomic E-state index is -0.132. The van der Waals surface area contributed by atoms with Gasteiger partial charge in [-0.2, -0.15) is 0 Å². The van der Waals surface area contributed by atoms with Crippen LogP contribution in [0.1, 0.15) is 12.0 Å². The van der Waals surface area contributed by atoms with Gasteiger partial charge in [0.05, 0.1) is 6.61 Å². The Morgan fingerprint density at radius 1 is 1.59 bits per heavy atom. The molecule has 1 aliphatic rings. The Morgan fingerprint density at radius 2 is 2.41 bits per heavy atom. The maximum atomic E-state index is 13.7. The summed E-state index contributed by atoms with van der Waals surface area (Å²) in [5.74, 6) is 0.353. The van der Waals surface area contributed by atoms with Crippen molar-refractivity contribution in [3.8, 4) is 0 Å². The van der Waals surface area contributed by atoms with E-state index >= 15 is 0 Å². The van der Waals surface area contributed by atoms with Crippen LogP contribution in [0.15, 0.2) is 22.7 Å². The van der Waals surface area contributed by atoms with Gasteiger partial charge in [0.25, 0.3) is 0 Å². The molecular formula is C13H17BrFNO. The first-order valence-corrected chi connectivity index (χ1v) is 6.69. The van der Waals surface area contributed by atoms with Crippen molar-refractivity contribution in [1.29, 1.82) is 0 Å². The standard InChI is InChI=1S/C13H17BrFNO/c1-16-13(9-4-5-17-8-9)7-10-6-11(14)2-3-12(10)15/h2-3,6,9,13,16H,4-5,7-8H2,1H3. The number of ether oxygens (including phenoxy) is 1. The highest BCUT2D eigenvalue weighted by atomic mass is 79.9. The van der Waals surface area contributed by atoms with E-state index in [-0.39, 0.29) is 11.9 Å². The molecule has 0 amide bonds. The number of rotatable bonds is 4. The molecule has 1 aromatic rings. The van der Waals surface area contributed by atoms with Crippen LogP contribution < -0.4 is 5.32 Å². The summed E-state index contributed by atoms with van der Waals surface area (Å²) in [5, 5.41) is 3.28. The smallest absolute Gasteiger partial charge is 0.126 e. The predicted molar refractivity (Wildman–Crippen MR) is 69.6 cm³/mol. The van der Waals surface area contributed by atoms with Crippen LogP contribution in [0.3, 0.4) is 0 Å². The molecule has 1 fully saturated rings. The Hall–Kier alpha value is -0.450. The van der Waals surface area contributed by atoms with Crippen LogP contribution >= 0.6 is 15.9 Å². The summed E-state index contributed by atoms with van der Waals surface area (Å²) in [6.07, 6.45) is 1.76. The molecule has 94 valence electrons. The second-order valence-electron chi connectivity index (χ2n) is 4.46. The average molecular weight is 302 g/mol. The van der Waals surface area contributed by atoms with Crippen molar-refractivity contribution in [3.05, 3.63) is 34.1 Å². The maximum Gasteiger partial charge on any atom is 0.126 e. The lowest BCUT2D eigenvalue weighted by Crippen LogP contribution is -2.36. The van der Waals surface area contributed by atoms with E-state index in [1.165, 1.54) is 6.07 Å². The first-order valence-electron chi connectivity index (χ1n) is 5.89. The van der Waals surface area contributed by atoms with Crippen molar-refractivity contribution in [2.45, 2.75) is 18.9 Å². The van der Waals surface area contributed by atoms with Gasteiger partial charge in [0.1, 0.15) is 5.82 Å². The number of hydrogen-bond acceptors (Lipinski definition) is 2. The molecular weight excluding hydrogens is 285 g/mol. The molecule has 1 aliphatic heterocycles. The lowest BCUT2D eigenvalue weighted by molar-refractivity contribution is 0.177. The number of nitrogens with one attached hydrogen (secondary N) is 1. The first-order chi connectivity index (χ1) is 8.20. The Balaban J connectivity index is 2.09. The third kappa shape index (κ3) is 3.27. The molecule has 0 spiro atoms. The van der Waals surface area contributed by atoms with Crippen LogP contribution in [-0.2, 0) is 11.2 Å². The molecule has 1 heterocycles. The third-order valence-electron chi connectivity index (χ3n) is 3.35. The molecule has 2 atom stereocenters. The van der Waals surface area contributed by atoms with Crippen molar-refractivity contribution in [2.24, 2.45) is 5.92 Å². The van der Waals surface area contributed by atoms with Gasteiger partial charge in [0, 0.05) is 23.0 Å². The minimum absolute atomic E-state index is 0.132. The zero-order chi connectivity index (χ0) is 12.3. The van der Waals surface area contributed by atoms with E-state index in [4.69, 9.17) is 4.74 Å². The Bertz CT molecular complexity index is 380. The Labute approximate surface area is 110 Å². The molecule has 17 heavy (non-hydrogen) atoms. The number of likely N-dealkylation sites (N-methyl/N-ethyl adjacent to an activating group) is 1. The van der Waals surface area contributed by atoms with Gasteiger partial charge < -0.3 is 10.1 Å². The van der Waals surface area contributed by atoms with Gasteiger partial charge in [-0.1, -0.05) is 15.9 Å². The highest BCUT2D eigenvalue weighted by molar-refractivity contribution is 9.10. The maximum absolute atomic E-state index is 13.7. The summed E-state index contributed by atoms with van der Waals surface area (Å²) >= 11 is 3.38. The van der Waals surface area contributed by atoms with Gasteiger partial charge >= 0.3 is 0 Å². The lowest BCUT2D eigenvalue weighted by atomic mass is 9.93. The molecule has 2 rings (SSSR count). The number of halogens is 2. The SMILES string of the molecule is CNC(Cc1cc(Br)ccc1F)C1CCOC1. The van der Waals surface area contributed by atoms with E-state index in [0.29, 0.717) is 12.3 Å². The fourth-order valence-electron chi connectivity index (χ4n) is 2.31. The van der Waals surface area contributed by atoms with E-state index in [1.54, 1.807) is 6.07 Å². The molecule has 0 saturated carbocycles. The molecule has 0 bridgehead atoms. The van der Waals surface area contributed by atoms with Gasteiger partial charge in [-0.25, -0.2) is 4.39 Å². The van der Waals surface area contributed by atoms with Gasteiger partial charge in [0.15, 0.2) is 0 Å². The zero-order valence-corrected chi connectivity index (χ0v) is 11.5. The highest BCUT2D eigenvalue weighted by Gasteiger charge is 2.25. The molecule has 1 saturated heterocycles. The minimum Gasteiger partial charge on any atom is -0.381 e. The predicted octanol–water partition coefficient (Wildman–Crippen LogP) is 2.76. The topological polar surface area (TPSA) is 21.3 Å². The molecule has 4 heteroatoms. The molecule has 2 unspecified atom stereocenters. The highest BCUT2D eigenvalue weighted by Crippen LogP contribution is 2.22. The van der Waals surface area contributed by atoms with Crippen molar-refractivity contribution < 1.29 is 9.13 Å². The number of benzene rings is 1. The molecule has 2 nitrogen and oxygen atoms in total. The Kier molecular flexibility index (Phi) is 4.54. The van der Waals surface area contributed by atoms with Crippen LogP contribution in [-0.4, -0.2) is 26.3 Å². The first kappa shape index (κ1) is 13.0. The molecule has 0 aliphatic carbocycles. The zero-order valence-electron chi connectivity index (χ0n) is 9.88. The van der Waals surface area contributed by atoms with E-state index in [9.17, 15) is 4.39 Å². The number of hydrogen-bond donors (Lipinski definition) is 1. The van der Waals surface area contributed by atoms with Crippen LogP contribution in [0.5, 0.6) is 0 Å². The molecule has 1 N–H and O–H groups in total. The summed E-state index contributed by atoms with van der Waals surface area (Å²) in [6.45, 7) is 1.60. The second kappa shape index (κ2) is 5.94.